The summed E-state index contributed by atoms with van der Waals surface area (Å²) in [6, 6.07) is 6.06. The molecule has 2 aromatic heterocycles. The molecule has 1 aliphatic heterocycles. The van der Waals surface area contributed by atoms with Crippen molar-refractivity contribution in [1.82, 2.24) is 25.1 Å². The van der Waals surface area contributed by atoms with E-state index in [4.69, 9.17) is 0 Å². The van der Waals surface area contributed by atoms with Gasteiger partial charge in [0.2, 0.25) is 5.95 Å². The van der Waals surface area contributed by atoms with E-state index < -0.39 is 0 Å². The first-order valence-corrected chi connectivity index (χ1v) is 9.04. The Morgan fingerprint density at radius 2 is 2.00 bits per heavy atom. The summed E-state index contributed by atoms with van der Waals surface area (Å²) in [7, 11) is 1.81. The Morgan fingerprint density at radius 1 is 1.23 bits per heavy atom. The van der Waals surface area contributed by atoms with Crippen molar-refractivity contribution in [3.63, 3.8) is 0 Å². The molecule has 1 fully saturated rings. The molecule has 1 aromatic carbocycles. The van der Waals surface area contributed by atoms with Gasteiger partial charge in [-0.1, -0.05) is 6.07 Å². The van der Waals surface area contributed by atoms with E-state index in [9.17, 15) is 4.79 Å². The largest absolute Gasteiger partial charge is 0.351 e. The van der Waals surface area contributed by atoms with E-state index in [0.29, 0.717) is 17.6 Å². The third kappa shape index (κ3) is 3.10. The highest BCUT2D eigenvalue weighted by atomic mass is 16.2. The molecule has 3 heterocycles. The summed E-state index contributed by atoms with van der Waals surface area (Å²) in [5.41, 5.74) is 3.83. The number of aromatic amines is 1. The fourth-order valence-electron chi connectivity index (χ4n) is 3.66. The Morgan fingerprint density at radius 3 is 2.77 bits per heavy atom. The van der Waals surface area contributed by atoms with Gasteiger partial charge in [-0.05, 0) is 63.0 Å². The number of fused-ring (bicyclic) bond motifs is 1. The summed E-state index contributed by atoms with van der Waals surface area (Å²) < 4.78 is 1.65. The van der Waals surface area contributed by atoms with Gasteiger partial charge in [0.15, 0.2) is 5.82 Å². The molecule has 7 nitrogen and oxygen atoms in total. The van der Waals surface area contributed by atoms with Crippen LogP contribution in [0, 0.1) is 13.8 Å². The highest BCUT2D eigenvalue weighted by molar-refractivity contribution is 6.05. The van der Waals surface area contributed by atoms with Crippen LogP contribution in [-0.4, -0.2) is 38.7 Å². The maximum absolute atomic E-state index is 12.7. The van der Waals surface area contributed by atoms with Crippen molar-refractivity contribution in [1.29, 1.82) is 0 Å². The van der Waals surface area contributed by atoms with Crippen molar-refractivity contribution < 1.29 is 4.79 Å². The quantitative estimate of drug-likeness (QED) is 0.676. The second-order valence-corrected chi connectivity index (χ2v) is 7.12. The zero-order chi connectivity index (χ0) is 18.3. The molecule has 136 valence electrons. The highest BCUT2D eigenvalue weighted by Crippen LogP contribution is 2.24. The molecule has 4 rings (SSSR count). The van der Waals surface area contributed by atoms with Gasteiger partial charge in [-0.3, -0.25) is 10.1 Å². The number of nitrogens with one attached hydrogen (secondary N) is 3. The third-order valence-electron chi connectivity index (χ3n) is 5.04. The maximum Gasteiger partial charge on any atom is 0.274 e. The number of H-pyrrole nitrogens is 1. The van der Waals surface area contributed by atoms with E-state index in [-0.39, 0.29) is 5.91 Å². The van der Waals surface area contributed by atoms with E-state index in [0.717, 1.165) is 48.2 Å². The minimum Gasteiger partial charge on any atom is -0.351 e. The molecule has 0 saturated carbocycles. The number of hydrogen-bond donors (Lipinski definition) is 3. The predicted octanol–water partition coefficient (Wildman–Crippen LogP) is 2.63. The van der Waals surface area contributed by atoms with Crippen LogP contribution >= 0.6 is 0 Å². The Labute approximate surface area is 152 Å². The number of aromatic nitrogens is 4. The summed E-state index contributed by atoms with van der Waals surface area (Å²) in [5, 5.41) is 11.8. The third-order valence-corrected chi connectivity index (χ3v) is 5.04. The molecule has 7 heteroatoms. The number of aryl methyl sites for hydroxylation is 3. The van der Waals surface area contributed by atoms with Gasteiger partial charge < -0.3 is 10.3 Å². The van der Waals surface area contributed by atoms with Crippen LogP contribution in [0.3, 0.4) is 0 Å². The molecule has 1 saturated heterocycles. The van der Waals surface area contributed by atoms with E-state index in [1.807, 2.05) is 13.1 Å². The molecular formula is C19H24N6O. The molecule has 0 aliphatic carbocycles. The molecule has 0 atom stereocenters. The Kier molecular flexibility index (Phi) is 4.24. The van der Waals surface area contributed by atoms with E-state index in [1.54, 1.807) is 4.68 Å². The lowest BCUT2D eigenvalue weighted by atomic mass is 9.98. The minimum atomic E-state index is -0.203. The molecule has 3 N–H and O–H groups in total. The number of piperidine rings is 1. The van der Waals surface area contributed by atoms with E-state index in [2.05, 4.69) is 51.7 Å². The molecule has 26 heavy (non-hydrogen) atoms. The summed E-state index contributed by atoms with van der Waals surface area (Å²) in [6.07, 6.45) is 2.05. The van der Waals surface area contributed by atoms with E-state index >= 15 is 0 Å². The predicted molar refractivity (Wildman–Crippen MR) is 102 cm³/mol. The highest BCUT2D eigenvalue weighted by Gasteiger charge is 2.22. The SMILES string of the molecule is Cc1cc(C)c2cc(C(=O)Nc3nc(C4CCNCC4)nn3C)[nH]c2c1. The van der Waals surface area contributed by atoms with E-state index in [1.165, 1.54) is 5.56 Å². The maximum atomic E-state index is 12.7. The first kappa shape index (κ1) is 16.8. The van der Waals surface area contributed by atoms with Crippen LogP contribution in [0.2, 0.25) is 0 Å². The van der Waals surface area contributed by atoms with Gasteiger partial charge >= 0.3 is 0 Å². The summed E-state index contributed by atoms with van der Waals surface area (Å²) in [5.74, 6) is 1.44. The van der Waals surface area contributed by atoms with Crippen molar-refractivity contribution >= 4 is 22.8 Å². The number of benzene rings is 1. The summed E-state index contributed by atoms with van der Waals surface area (Å²) >= 11 is 0. The number of hydrogen-bond acceptors (Lipinski definition) is 4. The molecule has 3 aromatic rings. The van der Waals surface area contributed by atoms with Gasteiger partial charge in [-0.15, -0.1) is 0 Å². The number of nitrogens with zero attached hydrogens (tertiary/aromatic N) is 3. The summed E-state index contributed by atoms with van der Waals surface area (Å²) in [6.45, 7) is 6.07. The van der Waals surface area contributed by atoms with Gasteiger partial charge in [0, 0.05) is 23.9 Å². The first-order chi connectivity index (χ1) is 12.5. The molecule has 0 unspecified atom stereocenters. The molecule has 1 amide bonds. The first-order valence-electron chi connectivity index (χ1n) is 9.04. The fourth-order valence-corrected chi connectivity index (χ4v) is 3.66. The monoisotopic (exact) mass is 352 g/mol. The van der Waals surface area contributed by atoms with Crippen molar-refractivity contribution in [3.8, 4) is 0 Å². The lowest BCUT2D eigenvalue weighted by Crippen LogP contribution is -2.27. The second-order valence-electron chi connectivity index (χ2n) is 7.12. The van der Waals surface area contributed by atoms with Crippen LogP contribution in [0.5, 0.6) is 0 Å². The summed E-state index contributed by atoms with van der Waals surface area (Å²) in [4.78, 5) is 20.5. The lowest BCUT2D eigenvalue weighted by molar-refractivity contribution is 0.102. The molecule has 0 radical (unpaired) electrons. The lowest BCUT2D eigenvalue weighted by Gasteiger charge is -2.19. The number of carbonyl (C=O) groups is 1. The average Bonchev–Trinajstić information content (AvgIpc) is 3.20. The fraction of sp³-hybridized carbons (Fsp3) is 0.421. The van der Waals surface area contributed by atoms with Gasteiger partial charge in [0.05, 0.1) is 0 Å². The molecule has 0 spiro atoms. The van der Waals surface area contributed by atoms with Gasteiger partial charge in [0.1, 0.15) is 5.69 Å². The molecule has 0 bridgehead atoms. The number of carbonyl (C=O) groups excluding carboxylic acids is 1. The average molecular weight is 352 g/mol. The number of rotatable bonds is 3. The molecular weight excluding hydrogens is 328 g/mol. The van der Waals surface area contributed by atoms with Crippen LogP contribution in [0.1, 0.15) is 46.2 Å². The van der Waals surface area contributed by atoms with Crippen LogP contribution in [0.15, 0.2) is 18.2 Å². The topological polar surface area (TPSA) is 87.6 Å². The van der Waals surface area contributed by atoms with Gasteiger partial charge in [-0.25, -0.2) is 4.68 Å². The smallest absolute Gasteiger partial charge is 0.274 e. The second kappa shape index (κ2) is 6.57. The minimum absolute atomic E-state index is 0.203. The van der Waals surface area contributed by atoms with Crippen molar-refractivity contribution in [3.05, 3.63) is 40.8 Å². The van der Waals surface area contributed by atoms with Crippen LogP contribution < -0.4 is 10.6 Å². The van der Waals surface area contributed by atoms with Crippen molar-refractivity contribution in [2.75, 3.05) is 18.4 Å². The van der Waals surface area contributed by atoms with Gasteiger partial charge in [0.25, 0.3) is 5.91 Å². The Hall–Kier alpha value is -2.67. The molecule has 1 aliphatic rings. The van der Waals surface area contributed by atoms with Gasteiger partial charge in [-0.2, -0.15) is 10.1 Å². The Bertz CT molecular complexity index is 964. The number of amides is 1. The standard InChI is InChI=1S/C19H24N6O/c1-11-8-12(2)14-10-16(21-15(14)9-11)18(26)23-19-22-17(24-25(19)3)13-4-6-20-7-5-13/h8-10,13,20-21H,4-7H2,1-3H3,(H,22,23,24,26). The number of anilines is 1. The van der Waals surface area contributed by atoms with Crippen LogP contribution in [0.25, 0.3) is 10.9 Å². The normalized spacial score (nSPS) is 15.5. The Balaban J connectivity index is 1.56. The zero-order valence-corrected chi connectivity index (χ0v) is 15.4. The zero-order valence-electron chi connectivity index (χ0n) is 15.4. The van der Waals surface area contributed by atoms with Crippen LogP contribution in [-0.2, 0) is 7.05 Å². The van der Waals surface area contributed by atoms with Crippen LogP contribution in [0.4, 0.5) is 5.95 Å². The van der Waals surface area contributed by atoms with Crippen molar-refractivity contribution in [2.24, 2.45) is 7.05 Å². The van der Waals surface area contributed by atoms with Crippen molar-refractivity contribution in [2.45, 2.75) is 32.6 Å².